The smallest absolute Gasteiger partial charge is 0.328 e. The first-order chi connectivity index (χ1) is 8.67. The van der Waals surface area contributed by atoms with E-state index in [9.17, 15) is 9.59 Å². The molecule has 0 spiro atoms. The highest BCUT2D eigenvalue weighted by Gasteiger charge is 2.07. The number of benzene rings is 1. The quantitative estimate of drug-likeness (QED) is 0.794. The van der Waals surface area contributed by atoms with E-state index in [1.165, 1.54) is 11.7 Å². The second-order valence-electron chi connectivity index (χ2n) is 3.90. The van der Waals surface area contributed by atoms with Crippen LogP contribution in [-0.4, -0.2) is 30.3 Å². The molecule has 96 valence electrons. The number of likely N-dealkylation sites (N-methyl/N-ethyl adjacent to an activating group) is 1. The number of rotatable bonds is 4. The molecule has 0 unspecified atom stereocenters. The molecule has 0 aliphatic rings. The Labute approximate surface area is 103 Å². The fourth-order valence-corrected chi connectivity index (χ4v) is 1.78. The van der Waals surface area contributed by atoms with Gasteiger partial charge in [0.25, 0.3) is 5.56 Å². The Morgan fingerprint density at radius 3 is 2.83 bits per heavy atom. The molecule has 0 aliphatic carbocycles. The van der Waals surface area contributed by atoms with Crippen molar-refractivity contribution in [2.75, 3.05) is 20.7 Å². The minimum absolute atomic E-state index is 0.303. The molecule has 0 saturated carbocycles. The van der Waals surface area contributed by atoms with E-state index in [0.717, 1.165) is 0 Å². The average Bonchev–Trinajstić information content (AvgIpc) is 2.38. The fraction of sp³-hybridized carbons (Fsp3) is 0.333. The van der Waals surface area contributed by atoms with Gasteiger partial charge in [0.2, 0.25) is 0 Å². The van der Waals surface area contributed by atoms with Crippen molar-refractivity contribution in [3.8, 4) is 5.75 Å². The van der Waals surface area contributed by atoms with Gasteiger partial charge in [-0.3, -0.25) is 9.36 Å². The molecule has 6 nitrogen and oxygen atoms in total. The molecule has 1 heterocycles. The van der Waals surface area contributed by atoms with Gasteiger partial charge in [-0.15, -0.1) is 0 Å². The van der Waals surface area contributed by atoms with Crippen LogP contribution in [0.3, 0.4) is 0 Å². The van der Waals surface area contributed by atoms with Crippen LogP contribution in [0.5, 0.6) is 5.75 Å². The normalized spacial score (nSPS) is 10.8. The Morgan fingerprint density at radius 1 is 1.39 bits per heavy atom. The van der Waals surface area contributed by atoms with Gasteiger partial charge in [-0.1, -0.05) is 0 Å². The van der Waals surface area contributed by atoms with E-state index < -0.39 is 5.69 Å². The zero-order chi connectivity index (χ0) is 13.1. The fourth-order valence-electron chi connectivity index (χ4n) is 1.78. The molecule has 2 N–H and O–H groups in total. The third kappa shape index (κ3) is 2.14. The predicted molar refractivity (Wildman–Crippen MR) is 69.3 cm³/mol. The van der Waals surface area contributed by atoms with E-state index in [2.05, 4.69) is 10.3 Å². The lowest BCUT2D eigenvalue weighted by molar-refractivity contribution is 0.415. The molecule has 18 heavy (non-hydrogen) atoms. The van der Waals surface area contributed by atoms with E-state index in [1.54, 1.807) is 25.2 Å². The van der Waals surface area contributed by atoms with Crippen molar-refractivity contribution in [3.05, 3.63) is 39.0 Å². The molecule has 1 aromatic heterocycles. The summed E-state index contributed by atoms with van der Waals surface area (Å²) in [4.78, 5) is 26.6. The van der Waals surface area contributed by atoms with E-state index in [4.69, 9.17) is 4.74 Å². The molecule has 6 heteroatoms. The maximum atomic E-state index is 12.2. The molecule has 0 saturated heterocycles. The number of hydrogen-bond donors (Lipinski definition) is 2. The monoisotopic (exact) mass is 249 g/mol. The standard InChI is InChI=1S/C12H15N3O3/c1-13-5-6-15-11(16)9-7-8(18-2)3-4-10(9)14-12(15)17/h3-4,7,13H,5-6H2,1-2H3,(H,14,17). The van der Waals surface area contributed by atoms with E-state index in [-0.39, 0.29) is 5.56 Å². The van der Waals surface area contributed by atoms with Crippen molar-refractivity contribution >= 4 is 10.9 Å². The highest BCUT2D eigenvalue weighted by atomic mass is 16.5. The Kier molecular flexibility index (Phi) is 3.47. The van der Waals surface area contributed by atoms with Crippen LogP contribution in [0.2, 0.25) is 0 Å². The van der Waals surface area contributed by atoms with Gasteiger partial charge in [-0.05, 0) is 25.2 Å². The molecular formula is C12H15N3O3. The van der Waals surface area contributed by atoms with Crippen LogP contribution >= 0.6 is 0 Å². The maximum absolute atomic E-state index is 12.2. The Morgan fingerprint density at radius 2 is 2.17 bits per heavy atom. The Hall–Kier alpha value is -2.08. The molecule has 0 radical (unpaired) electrons. The van der Waals surface area contributed by atoms with Gasteiger partial charge in [-0.25, -0.2) is 4.79 Å². The zero-order valence-corrected chi connectivity index (χ0v) is 10.3. The third-order valence-corrected chi connectivity index (χ3v) is 2.77. The van der Waals surface area contributed by atoms with Crippen LogP contribution in [0, 0.1) is 0 Å². The lowest BCUT2D eigenvalue weighted by Gasteiger charge is -2.07. The van der Waals surface area contributed by atoms with Gasteiger partial charge in [0, 0.05) is 13.1 Å². The number of fused-ring (bicyclic) bond motifs is 1. The van der Waals surface area contributed by atoms with E-state index in [0.29, 0.717) is 29.7 Å². The van der Waals surface area contributed by atoms with Crippen LogP contribution in [0.4, 0.5) is 0 Å². The first-order valence-electron chi connectivity index (χ1n) is 5.63. The summed E-state index contributed by atoms with van der Waals surface area (Å²) in [6.45, 7) is 0.885. The lowest BCUT2D eigenvalue weighted by Crippen LogP contribution is -2.37. The van der Waals surface area contributed by atoms with E-state index in [1.807, 2.05) is 0 Å². The molecule has 0 atom stereocenters. The van der Waals surface area contributed by atoms with Crippen LogP contribution in [0.1, 0.15) is 0 Å². The molecule has 2 aromatic rings. The maximum Gasteiger partial charge on any atom is 0.328 e. The number of methoxy groups -OCH3 is 1. The summed E-state index contributed by atoms with van der Waals surface area (Å²) in [6, 6.07) is 5.00. The first-order valence-corrected chi connectivity index (χ1v) is 5.63. The summed E-state index contributed by atoms with van der Waals surface area (Å²) in [5, 5.41) is 3.35. The van der Waals surface area contributed by atoms with Crippen molar-refractivity contribution in [1.29, 1.82) is 0 Å². The zero-order valence-electron chi connectivity index (χ0n) is 10.3. The Balaban J connectivity index is 2.66. The highest BCUT2D eigenvalue weighted by molar-refractivity contribution is 5.78. The molecular weight excluding hydrogens is 234 g/mol. The lowest BCUT2D eigenvalue weighted by atomic mass is 10.2. The molecule has 0 amide bonds. The SMILES string of the molecule is CNCCn1c(=O)[nH]c2ccc(OC)cc2c1=O. The van der Waals surface area contributed by atoms with Crippen molar-refractivity contribution in [2.45, 2.75) is 6.54 Å². The highest BCUT2D eigenvalue weighted by Crippen LogP contribution is 2.14. The van der Waals surface area contributed by atoms with Gasteiger partial charge in [-0.2, -0.15) is 0 Å². The minimum atomic E-state index is -0.395. The number of H-pyrrole nitrogens is 1. The summed E-state index contributed by atoms with van der Waals surface area (Å²) in [6.07, 6.45) is 0. The molecule has 1 aromatic carbocycles. The van der Waals surface area contributed by atoms with Crippen LogP contribution in [-0.2, 0) is 6.54 Å². The summed E-state index contributed by atoms with van der Waals surface area (Å²) < 4.78 is 6.25. The summed E-state index contributed by atoms with van der Waals surface area (Å²) in [5.41, 5.74) is -0.178. The predicted octanol–water partition coefficient (Wildman–Crippen LogP) is -0.0822. The van der Waals surface area contributed by atoms with Crippen molar-refractivity contribution in [3.63, 3.8) is 0 Å². The van der Waals surface area contributed by atoms with Gasteiger partial charge < -0.3 is 15.0 Å². The number of nitrogens with one attached hydrogen (secondary N) is 2. The topological polar surface area (TPSA) is 76.1 Å². The Bertz CT molecular complexity index is 672. The van der Waals surface area contributed by atoms with Crippen LogP contribution in [0.25, 0.3) is 10.9 Å². The molecule has 2 rings (SSSR count). The van der Waals surface area contributed by atoms with Gasteiger partial charge in [0.1, 0.15) is 5.75 Å². The summed E-state index contributed by atoms with van der Waals surface area (Å²) in [5.74, 6) is 0.590. The second-order valence-corrected chi connectivity index (χ2v) is 3.90. The van der Waals surface area contributed by atoms with Crippen LogP contribution < -0.4 is 21.3 Å². The third-order valence-electron chi connectivity index (χ3n) is 2.77. The van der Waals surface area contributed by atoms with Crippen molar-refractivity contribution in [2.24, 2.45) is 0 Å². The van der Waals surface area contributed by atoms with Gasteiger partial charge >= 0.3 is 5.69 Å². The molecule has 0 aliphatic heterocycles. The number of hydrogen-bond acceptors (Lipinski definition) is 4. The number of aromatic amines is 1. The summed E-state index contributed by atoms with van der Waals surface area (Å²) in [7, 11) is 3.30. The average molecular weight is 249 g/mol. The van der Waals surface area contributed by atoms with E-state index >= 15 is 0 Å². The number of nitrogens with zero attached hydrogens (tertiary/aromatic N) is 1. The van der Waals surface area contributed by atoms with Gasteiger partial charge in [0.05, 0.1) is 18.0 Å². The summed E-state index contributed by atoms with van der Waals surface area (Å²) >= 11 is 0. The van der Waals surface area contributed by atoms with Crippen LogP contribution in [0.15, 0.2) is 27.8 Å². The first kappa shape index (κ1) is 12.4. The molecule has 0 bridgehead atoms. The van der Waals surface area contributed by atoms with Gasteiger partial charge in [0.15, 0.2) is 0 Å². The largest absolute Gasteiger partial charge is 0.497 e. The number of aromatic nitrogens is 2. The van der Waals surface area contributed by atoms with Crippen molar-refractivity contribution < 1.29 is 4.74 Å². The second kappa shape index (κ2) is 5.05. The number of ether oxygens (including phenoxy) is 1. The minimum Gasteiger partial charge on any atom is -0.497 e. The molecule has 0 fully saturated rings. The van der Waals surface area contributed by atoms with Crippen molar-refractivity contribution in [1.82, 2.24) is 14.9 Å².